The van der Waals surface area contributed by atoms with Crippen molar-refractivity contribution >= 4 is 0 Å². The van der Waals surface area contributed by atoms with Crippen LogP contribution in [0.15, 0.2) is 18.2 Å². The van der Waals surface area contributed by atoms with Gasteiger partial charge in [-0.25, -0.2) is 0 Å². The number of aliphatic hydroxyl groups is 1. The van der Waals surface area contributed by atoms with Crippen LogP contribution in [0.4, 0.5) is 0 Å². The molecular formula is C15H20O2. The van der Waals surface area contributed by atoms with Crippen molar-refractivity contribution in [1.29, 1.82) is 0 Å². The lowest BCUT2D eigenvalue weighted by Crippen LogP contribution is -2.36. The molecule has 3 rings (SSSR count). The minimum Gasteiger partial charge on any atom is -0.493 e. The molecule has 2 atom stereocenters. The van der Waals surface area contributed by atoms with E-state index in [2.05, 4.69) is 13.0 Å². The van der Waals surface area contributed by atoms with E-state index in [1.807, 2.05) is 12.1 Å². The third kappa shape index (κ3) is 1.75. The number of rotatable bonds is 1. The van der Waals surface area contributed by atoms with Crippen LogP contribution in [-0.4, -0.2) is 11.7 Å². The minimum atomic E-state index is -0.615. The lowest BCUT2D eigenvalue weighted by atomic mass is 9.72. The fourth-order valence-electron chi connectivity index (χ4n) is 3.21. The second-order valence-corrected chi connectivity index (χ2v) is 5.49. The molecule has 1 aliphatic heterocycles. The molecule has 0 radical (unpaired) electrons. The Kier molecular flexibility index (Phi) is 2.62. The maximum atomic E-state index is 10.9. The van der Waals surface area contributed by atoms with E-state index in [0.717, 1.165) is 43.6 Å². The van der Waals surface area contributed by atoms with Gasteiger partial charge in [-0.2, -0.15) is 0 Å². The summed E-state index contributed by atoms with van der Waals surface area (Å²) in [5.41, 5.74) is 1.73. The third-order valence-electron chi connectivity index (χ3n) is 4.45. The van der Waals surface area contributed by atoms with Gasteiger partial charge in [0.05, 0.1) is 12.2 Å². The van der Waals surface area contributed by atoms with Crippen LogP contribution in [0.5, 0.6) is 5.75 Å². The van der Waals surface area contributed by atoms with Gasteiger partial charge in [-0.05, 0) is 42.0 Å². The van der Waals surface area contributed by atoms with Gasteiger partial charge in [0.1, 0.15) is 5.75 Å². The van der Waals surface area contributed by atoms with Crippen molar-refractivity contribution in [3.63, 3.8) is 0 Å². The van der Waals surface area contributed by atoms with Crippen LogP contribution in [0.2, 0.25) is 0 Å². The molecule has 2 nitrogen and oxygen atoms in total. The molecule has 92 valence electrons. The highest BCUT2D eigenvalue weighted by atomic mass is 16.5. The molecule has 0 bridgehead atoms. The Labute approximate surface area is 103 Å². The summed E-state index contributed by atoms with van der Waals surface area (Å²) in [6.07, 6.45) is 5.39. The minimum absolute atomic E-state index is 0.358. The van der Waals surface area contributed by atoms with Crippen LogP contribution in [0.1, 0.15) is 43.7 Å². The highest BCUT2D eigenvalue weighted by molar-refractivity contribution is 5.42. The van der Waals surface area contributed by atoms with Crippen LogP contribution in [0, 0.1) is 5.92 Å². The molecule has 2 aliphatic rings. The summed E-state index contributed by atoms with van der Waals surface area (Å²) in [5.74, 6) is 1.36. The first-order valence-corrected chi connectivity index (χ1v) is 6.69. The molecule has 17 heavy (non-hydrogen) atoms. The van der Waals surface area contributed by atoms with E-state index >= 15 is 0 Å². The summed E-state index contributed by atoms with van der Waals surface area (Å²) >= 11 is 0. The summed E-state index contributed by atoms with van der Waals surface area (Å²) in [7, 11) is 0. The van der Waals surface area contributed by atoms with E-state index < -0.39 is 5.60 Å². The number of benzene rings is 1. The number of hydrogen-bond donors (Lipinski definition) is 1. The molecule has 1 heterocycles. The van der Waals surface area contributed by atoms with E-state index in [9.17, 15) is 5.11 Å². The van der Waals surface area contributed by atoms with Crippen molar-refractivity contribution in [2.45, 2.75) is 44.6 Å². The Morgan fingerprint density at radius 3 is 3.06 bits per heavy atom. The van der Waals surface area contributed by atoms with E-state index in [1.165, 1.54) is 12.0 Å². The van der Waals surface area contributed by atoms with Crippen LogP contribution in [-0.2, 0) is 12.0 Å². The summed E-state index contributed by atoms with van der Waals surface area (Å²) in [6.45, 7) is 2.95. The fourth-order valence-corrected chi connectivity index (χ4v) is 3.21. The SMILES string of the molecule is CC1CCCCC1(O)c1ccc2c(c1)CCO2. The van der Waals surface area contributed by atoms with Gasteiger partial charge in [0.15, 0.2) is 0 Å². The monoisotopic (exact) mass is 232 g/mol. The standard InChI is InChI=1S/C15H20O2/c1-11-4-2-3-8-15(11,16)13-5-6-14-12(10-13)7-9-17-14/h5-6,10-11,16H,2-4,7-9H2,1H3. The maximum Gasteiger partial charge on any atom is 0.122 e. The summed E-state index contributed by atoms with van der Waals surface area (Å²) < 4.78 is 5.52. The molecule has 0 spiro atoms. The second-order valence-electron chi connectivity index (χ2n) is 5.49. The topological polar surface area (TPSA) is 29.5 Å². The molecule has 1 saturated carbocycles. The van der Waals surface area contributed by atoms with Gasteiger partial charge >= 0.3 is 0 Å². The first-order chi connectivity index (χ1) is 8.20. The molecule has 1 aliphatic carbocycles. The van der Waals surface area contributed by atoms with Crippen LogP contribution in [0.25, 0.3) is 0 Å². The van der Waals surface area contributed by atoms with Crippen molar-refractivity contribution < 1.29 is 9.84 Å². The van der Waals surface area contributed by atoms with Gasteiger partial charge in [-0.15, -0.1) is 0 Å². The zero-order valence-corrected chi connectivity index (χ0v) is 10.4. The Bertz CT molecular complexity index is 427. The predicted octanol–water partition coefficient (Wildman–Crippen LogP) is 3.02. The van der Waals surface area contributed by atoms with E-state index in [4.69, 9.17) is 4.74 Å². The first kappa shape index (κ1) is 11.1. The predicted molar refractivity (Wildman–Crippen MR) is 67.2 cm³/mol. The normalized spacial score (nSPS) is 32.0. The van der Waals surface area contributed by atoms with Crippen molar-refractivity contribution in [2.75, 3.05) is 6.61 Å². The third-order valence-corrected chi connectivity index (χ3v) is 4.45. The van der Waals surface area contributed by atoms with Crippen molar-refractivity contribution in [3.8, 4) is 5.75 Å². The highest BCUT2D eigenvalue weighted by Crippen LogP contribution is 2.42. The van der Waals surface area contributed by atoms with E-state index in [1.54, 1.807) is 0 Å². The van der Waals surface area contributed by atoms with Gasteiger partial charge in [0.25, 0.3) is 0 Å². The van der Waals surface area contributed by atoms with Crippen molar-refractivity contribution in [1.82, 2.24) is 0 Å². The van der Waals surface area contributed by atoms with Gasteiger partial charge in [0.2, 0.25) is 0 Å². The number of ether oxygens (including phenoxy) is 1. The molecule has 2 heteroatoms. The molecule has 0 saturated heterocycles. The highest BCUT2D eigenvalue weighted by Gasteiger charge is 2.38. The van der Waals surface area contributed by atoms with E-state index in [0.29, 0.717) is 5.92 Å². The van der Waals surface area contributed by atoms with Crippen molar-refractivity contribution in [3.05, 3.63) is 29.3 Å². The smallest absolute Gasteiger partial charge is 0.122 e. The second kappa shape index (κ2) is 4.02. The average Bonchev–Trinajstić information content (AvgIpc) is 2.80. The summed E-state index contributed by atoms with van der Waals surface area (Å²) in [4.78, 5) is 0. The van der Waals surface area contributed by atoms with Gasteiger partial charge in [-0.1, -0.05) is 25.8 Å². The molecular weight excluding hydrogens is 212 g/mol. The quantitative estimate of drug-likeness (QED) is 0.806. The molecule has 1 fully saturated rings. The lowest BCUT2D eigenvalue weighted by Gasteiger charge is -2.38. The summed E-state index contributed by atoms with van der Waals surface area (Å²) in [6, 6.07) is 6.23. The first-order valence-electron chi connectivity index (χ1n) is 6.69. The summed E-state index contributed by atoms with van der Waals surface area (Å²) in [5, 5.41) is 10.9. The zero-order valence-electron chi connectivity index (χ0n) is 10.4. The van der Waals surface area contributed by atoms with Crippen LogP contribution >= 0.6 is 0 Å². The van der Waals surface area contributed by atoms with Crippen molar-refractivity contribution in [2.24, 2.45) is 5.92 Å². The molecule has 1 aromatic carbocycles. The molecule has 0 aromatic heterocycles. The average molecular weight is 232 g/mol. The van der Waals surface area contributed by atoms with Gasteiger partial charge < -0.3 is 9.84 Å². The zero-order chi connectivity index (χ0) is 11.9. The molecule has 0 amide bonds. The van der Waals surface area contributed by atoms with E-state index in [-0.39, 0.29) is 0 Å². The molecule has 2 unspecified atom stereocenters. The Hall–Kier alpha value is -1.02. The maximum absolute atomic E-state index is 10.9. The van der Waals surface area contributed by atoms with Gasteiger partial charge in [-0.3, -0.25) is 0 Å². The number of hydrogen-bond acceptors (Lipinski definition) is 2. The Morgan fingerprint density at radius 2 is 2.24 bits per heavy atom. The van der Waals surface area contributed by atoms with Gasteiger partial charge in [0, 0.05) is 6.42 Å². The largest absolute Gasteiger partial charge is 0.493 e. The van der Waals surface area contributed by atoms with Crippen LogP contribution in [0.3, 0.4) is 0 Å². The molecule has 1 aromatic rings. The van der Waals surface area contributed by atoms with Crippen LogP contribution < -0.4 is 4.74 Å². The number of fused-ring (bicyclic) bond motifs is 1. The Morgan fingerprint density at radius 1 is 1.35 bits per heavy atom. The lowest BCUT2D eigenvalue weighted by molar-refractivity contribution is -0.0470. The Balaban J connectivity index is 1.97. The molecule has 1 N–H and O–H groups in total. The fraction of sp³-hybridized carbons (Fsp3) is 0.600.